The van der Waals surface area contributed by atoms with E-state index in [0.717, 1.165) is 4.90 Å². The lowest BCUT2D eigenvalue weighted by Gasteiger charge is -2.01. The first-order valence-corrected chi connectivity index (χ1v) is 4.73. The summed E-state index contributed by atoms with van der Waals surface area (Å²) in [5, 5.41) is 8.61. The van der Waals surface area contributed by atoms with Gasteiger partial charge in [-0.05, 0) is 26.0 Å². The fourth-order valence-corrected chi connectivity index (χ4v) is 1.60. The fourth-order valence-electron chi connectivity index (χ4n) is 0.847. The van der Waals surface area contributed by atoms with E-state index in [1.54, 1.807) is 11.8 Å². The van der Waals surface area contributed by atoms with Crippen LogP contribution in [0.25, 0.3) is 0 Å². The van der Waals surface area contributed by atoms with Gasteiger partial charge in [0.2, 0.25) is 0 Å². The molecule has 0 fully saturated rings. The summed E-state index contributed by atoms with van der Waals surface area (Å²) in [6.45, 7) is 3.96. The maximum absolute atomic E-state index is 8.58. The quantitative estimate of drug-likeness (QED) is 0.648. The number of benzene rings is 1. The molecule has 0 aliphatic rings. The lowest BCUT2D eigenvalue weighted by molar-refractivity contribution is 1.23. The summed E-state index contributed by atoms with van der Waals surface area (Å²) >= 11 is 1.59. The van der Waals surface area contributed by atoms with Gasteiger partial charge in [0.25, 0.3) is 0 Å². The minimum Gasteiger partial charge on any atom is -0.197 e. The predicted molar refractivity (Wildman–Crippen MR) is 52.1 cm³/mol. The topological polar surface area (TPSA) is 23.8 Å². The Kier molecular flexibility index (Phi) is 3.19. The van der Waals surface area contributed by atoms with E-state index in [4.69, 9.17) is 5.26 Å². The van der Waals surface area contributed by atoms with Gasteiger partial charge in [-0.2, -0.15) is 5.26 Å². The highest BCUT2D eigenvalue weighted by Gasteiger charge is 2.00. The Morgan fingerprint density at radius 2 is 1.92 bits per heavy atom. The maximum Gasteiger partial charge on any atom is 0.0935 e. The standard InChI is InChI=1S/C10H11NS/c1-8-3-5-10(6-4-8)12-9(2)7-11/h3-6,9H,1-2H3. The highest BCUT2D eigenvalue weighted by atomic mass is 32.2. The van der Waals surface area contributed by atoms with Crippen molar-refractivity contribution in [2.45, 2.75) is 24.0 Å². The summed E-state index contributed by atoms with van der Waals surface area (Å²) in [6.07, 6.45) is 0. The molecule has 1 atom stereocenters. The van der Waals surface area contributed by atoms with Crippen molar-refractivity contribution in [1.29, 1.82) is 5.26 Å². The highest BCUT2D eigenvalue weighted by Crippen LogP contribution is 2.22. The molecule has 2 heteroatoms. The summed E-state index contributed by atoms with van der Waals surface area (Å²) < 4.78 is 0. The average molecular weight is 177 g/mol. The molecule has 0 bridgehead atoms. The molecule has 0 radical (unpaired) electrons. The van der Waals surface area contributed by atoms with Gasteiger partial charge in [-0.1, -0.05) is 17.7 Å². The Morgan fingerprint density at radius 3 is 2.42 bits per heavy atom. The molecule has 0 spiro atoms. The van der Waals surface area contributed by atoms with Crippen LogP contribution < -0.4 is 0 Å². The van der Waals surface area contributed by atoms with E-state index >= 15 is 0 Å². The Morgan fingerprint density at radius 1 is 1.33 bits per heavy atom. The third-order valence-corrected chi connectivity index (χ3v) is 2.52. The van der Waals surface area contributed by atoms with Gasteiger partial charge in [0.1, 0.15) is 0 Å². The Labute approximate surface area is 77.4 Å². The molecule has 1 rings (SSSR count). The minimum absolute atomic E-state index is 0.0349. The molecular weight excluding hydrogens is 166 g/mol. The number of thioether (sulfide) groups is 1. The number of nitriles is 1. The summed E-state index contributed by atoms with van der Waals surface area (Å²) in [4.78, 5) is 1.16. The maximum atomic E-state index is 8.58. The largest absolute Gasteiger partial charge is 0.197 e. The van der Waals surface area contributed by atoms with Gasteiger partial charge < -0.3 is 0 Å². The molecule has 0 saturated carbocycles. The Balaban J connectivity index is 2.66. The summed E-state index contributed by atoms with van der Waals surface area (Å²) in [6, 6.07) is 10.4. The third-order valence-electron chi connectivity index (χ3n) is 1.52. The average Bonchev–Trinajstić information content (AvgIpc) is 2.09. The fraction of sp³-hybridized carbons (Fsp3) is 0.300. The molecule has 0 amide bonds. The first kappa shape index (κ1) is 9.15. The molecule has 1 nitrogen and oxygen atoms in total. The van der Waals surface area contributed by atoms with Crippen molar-refractivity contribution in [3.8, 4) is 6.07 Å². The zero-order valence-electron chi connectivity index (χ0n) is 7.24. The van der Waals surface area contributed by atoms with Crippen molar-refractivity contribution >= 4 is 11.8 Å². The number of hydrogen-bond donors (Lipinski definition) is 0. The van der Waals surface area contributed by atoms with Crippen LogP contribution in [0.4, 0.5) is 0 Å². The minimum atomic E-state index is 0.0349. The van der Waals surface area contributed by atoms with E-state index < -0.39 is 0 Å². The highest BCUT2D eigenvalue weighted by molar-refractivity contribution is 8.00. The SMILES string of the molecule is Cc1ccc(SC(C)C#N)cc1. The van der Waals surface area contributed by atoms with Gasteiger partial charge in [-0.15, -0.1) is 11.8 Å². The molecule has 0 saturated heterocycles. The van der Waals surface area contributed by atoms with Crippen LogP contribution in [0.5, 0.6) is 0 Å². The molecule has 0 aliphatic carbocycles. The number of hydrogen-bond acceptors (Lipinski definition) is 2. The molecule has 1 aromatic rings. The lowest BCUT2D eigenvalue weighted by atomic mass is 10.2. The van der Waals surface area contributed by atoms with E-state index in [-0.39, 0.29) is 5.25 Å². The Hall–Kier alpha value is -0.940. The van der Waals surface area contributed by atoms with Gasteiger partial charge in [0, 0.05) is 4.90 Å². The van der Waals surface area contributed by atoms with Crippen molar-refractivity contribution < 1.29 is 0 Å². The van der Waals surface area contributed by atoms with Crippen molar-refractivity contribution in [2.24, 2.45) is 0 Å². The van der Waals surface area contributed by atoms with Gasteiger partial charge >= 0.3 is 0 Å². The van der Waals surface area contributed by atoms with E-state index in [9.17, 15) is 0 Å². The first-order chi connectivity index (χ1) is 5.72. The molecule has 12 heavy (non-hydrogen) atoms. The lowest BCUT2D eigenvalue weighted by Crippen LogP contribution is -1.88. The van der Waals surface area contributed by atoms with E-state index in [2.05, 4.69) is 25.1 Å². The summed E-state index contributed by atoms with van der Waals surface area (Å²) in [5.74, 6) is 0. The van der Waals surface area contributed by atoms with Crippen LogP contribution >= 0.6 is 11.8 Å². The summed E-state index contributed by atoms with van der Waals surface area (Å²) in [7, 11) is 0. The van der Waals surface area contributed by atoms with Gasteiger partial charge in [0.05, 0.1) is 11.3 Å². The molecule has 0 aromatic heterocycles. The zero-order valence-corrected chi connectivity index (χ0v) is 8.06. The molecule has 62 valence electrons. The van der Waals surface area contributed by atoms with E-state index in [1.807, 2.05) is 19.1 Å². The Bertz CT molecular complexity index is 284. The van der Waals surface area contributed by atoms with Crippen LogP contribution in [-0.4, -0.2) is 5.25 Å². The third kappa shape index (κ3) is 2.60. The van der Waals surface area contributed by atoms with Crippen LogP contribution in [-0.2, 0) is 0 Å². The van der Waals surface area contributed by atoms with Gasteiger partial charge in [-0.25, -0.2) is 0 Å². The van der Waals surface area contributed by atoms with Crippen LogP contribution in [0, 0.1) is 18.3 Å². The van der Waals surface area contributed by atoms with Crippen LogP contribution in [0.2, 0.25) is 0 Å². The molecule has 1 unspecified atom stereocenters. The van der Waals surface area contributed by atoms with E-state index in [0.29, 0.717) is 0 Å². The van der Waals surface area contributed by atoms with E-state index in [1.165, 1.54) is 5.56 Å². The number of aryl methyl sites for hydroxylation is 1. The van der Waals surface area contributed by atoms with Crippen LogP contribution in [0.3, 0.4) is 0 Å². The van der Waals surface area contributed by atoms with Gasteiger partial charge in [0.15, 0.2) is 0 Å². The molecule has 0 aliphatic heterocycles. The summed E-state index contributed by atoms with van der Waals surface area (Å²) in [5.41, 5.74) is 1.25. The molecule has 1 aromatic carbocycles. The van der Waals surface area contributed by atoms with Crippen LogP contribution in [0.1, 0.15) is 12.5 Å². The molecular formula is C10H11NS. The van der Waals surface area contributed by atoms with Crippen molar-refractivity contribution in [3.05, 3.63) is 29.8 Å². The van der Waals surface area contributed by atoms with Crippen molar-refractivity contribution in [1.82, 2.24) is 0 Å². The second-order valence-corrected chi connectivity index (χ2v) is 4.12. The predicted octanol–water partition coefficient (Wildman–Crippen LogP) is 3.00. The second kappa shape index (κ2) is 4.18. The second-order valence-electron chi connectivity index (χ2n) is 2.70. The number of nitrogens with zero attached hydrogens (tertiary/aromatic N) is 1. The zero-order chi connectivity index (χ0) is 8.97. The molecule has 0 N–H and O–H groups in total. The smallest absolute Gasteiger partial charge is 0.0935 e. The molecule has 0 heterocycles. The van der Waals surface area contributed by atoms with Gasteiger partial charge in [-0.3, -0.25) is 0 Å². The van der Waals surface area contributed by atoms with Crippen molar-refractivity contribution in [3.63, 3.8) is 0 Å². The normalized spacial score (nSPS) is 12.1. The first-order valence-electron chi connectivity index (χ1n) is 3.85. The monoisotopic (exact) mass is 177 g/mol. The van der Waals surface area contributed by atoms with Crippen molar-refractivity contribution in [2.75, 3.05) is 0 Å². The number of rotatable bonds is 2. The van der Waals surface area contributed by atoms with Crippen LogP contribution in [0.15, 0.2) is 29.2 Å².